The number of carbonyl (C=O) groups is 8. The van der Waals surface area contributed by atoms with E-state index in [-0.39, 0.29) is 71.6 Å². The Morgan fingerprint density at radius 2 is 1.57 bits per heavy atom. The Bertz CT molecular complexity index is 3030. The number of ketones is 3. The second-order valence-electron chi connectivity index (χ2n) is 18.5. The summed E-state index contributed by atoms with van der Waals surface area (Å²) in [6, 6.07) is 12.5. The number of nitro benzene ring substituents is 1. The van der Waals surface area contributed by atoms with E-state index >= 15 is 0 Å². The molecule has 4 N–H and O–H groups in total. The fourth-order valence-electron chi connectivity index (χ4n) is 8.43. The third-order valence-electron chi connectivity index (χ3n) is 12.3. The SMILES string of the molecule is CCOC(=O)/C(Cl)=C/c1cc(N2C(=O)C3=C(CCCC3)C2=O)ccc1Cl.CCc1cccc(C)c1N(C(=O)CCl)C(C)COC.CP(=O)(O)CCC(N)C(=O)O.CS(=O)(=O)c1ccc(C(=O)C2C(=O)CCCC2=O)c([N+](=O)[O-])c1. The van der Waals surface area contributed by atoms with Crippen molar-refractivity contribution in [2.45, 2.75) is 102 Å². The van der Waals surface area contributed by atoms with Crippen LogP contribution in [0.2, 0.25) is 5.02 Å². The van der Waals surface area contributed by atoms with Gasteiger partial charge in [-0.25, -0.2) is 18.1 Å². The summed E-state index contributed by atoms with van der Waals surface area (Å²) in [6.45, 7) is 9.62. The molecule has 1 heterocycles. The minimum Gasteiger partial charge on any atom is -0.480 e. The number of sulfone groups is 1. The summed E-state index contributed by atoms with van der Waals surface area (Å²) in [5.74, 6) is -6.09. The number of nitro groups is 1. The van der Waals surface area contributed by atoms with E-state index in [1.807, 2.05) is 26.0 Å². The molecule has 3 amide bonds. The van der Waals surface area contributed by atoms with Gasteiger partial charge in [-0.1, -0.05) is 48.3 Å². The van der Waals surface area contributed by atoms with Crippen LogP contribution >= 0.6 is 42.2 Å². The van der Waals surface area contributed by atoms with Crippen LogP contribution in [0.15, 0.2) is 75.7 Å². The Morgan fingerprint density at radius 3 is 2.06 bits per heavy atom. The molecule has 26 heteroatoms. The number of hydrogen-bond donors (Lipinski definition) is 3. The Morgan fingerprint density at radius 1 is 0.975 bits per heavy atom. The van der Waals surface area contributed by atoms with Gasteiger partial charge in [-0.05, 0) is 119 Å². The monoisotopic (exact) mass is 1200 g/mol. The first kappa shape index (κ1) is 67.3. The Labute approximate surface area is 472 Å². The van der Waals surface area contributed by atoms with E-state index in [1.54, 1.807) is 37.1 Å². The van der Waals surface area contributed by atoms with E-state index < -0.39 is 74.6 Å². The number of Topliss-reactive ketones (excluding diaryl/α,β-unsaturated/α-hetero) is 3. The molecule has 0 aromatic heterocycles. The number of esters is 1. The largest absolute Gasteiger partial charge is 0.480 e. The maximum absolute atomic E-state index is 12.7. The number of benzene rings is 3. The van der Waals surface area contributed by atoms with Gasteiger partial charge in [-0.3, -0.25) is 48.2 Å². The van der Waals surface area contributed by atoms with Gasteiger partial charge >= 0.3 is 11.9 Å². The smallest absolute Gasteiger partial charge is 0.349 e. The maximum Gasteiger partial charge on any atom is 0.349 e. The van der Waals surface area contributed by atoms with Crippen molar-refractivity contribution in [1.29, 1.82) is 0 Å². The normalized spacial score (nSPS) is 16.2. The van der Waals surface area contributed by atoms with Crippen LogP contribution in [0.5, 0.6) is 0 Å². The van der Waals surface area contributed by atoms with Crippen molar-refractivity contribution < 1.29 is 75.7 Å². The van der Waals surface area contributed by atoms with Crippen molar-refractivity contribution in [3.63, 3.8) is 0 Å². The van der Waals surface area contributed by atoms with Crippen molar-refractivity contribution in [2.75, 3.05) is 55.1 Å². The number of ether oxygens (including phenoxy) is 2. The van der Waals surface area contributed by atoms with Crippen molar-refractivity contribution in [3.8, 4) is 0 Å². The molecule has 2 aliphatic carbocycles. The zero-order valence-corrected chi connectivity index (χ0v) is 48.6. The molecule has 1 fully saturated rings. The minimum atomic E-state index is -3.70. The lowest BCUT2D eigenvalue weighted by atomic mass is 9.81. The molecule has 0 bridgehead atoms. The van der Waals surface area contributed by atoms with E-state index in [9.17, 15) is 61.5 Å². The number of nitrogens with zero attached hydrogens (tertiary/aromatic N) is 3. The number of para-hydroxylation sites is 1. The topological polar surface area (TPSA) is 322 Å². The molecule has 21 nitrogen and oxygen atoms in total. The summed E-state index contributed by atoms with van der Waals surface area (Å²) >= 11 is 17.9. The van der Waals surface area contributed by atoms with Gasteiger partial charge in [-0.15, -0.1) is 11.6 Å². The summed E-state index contributed by atoms with van der Waals surface area (Å²) in [7, 11) is -5.16. The van der Waals surface area contributed by atoms with Gasteiger partial charge in [0.15, 0.2) is 34.6 Å². The second kappa shape index (κ2) is 30.6. The van der Waals surface area contributed by atoms with Crippen molar-refractivity contribution in [2.24, 2.45) is 11.7 Å². The number of aryl methyl sites for hydroxylation is 2. The Kier molecular flexibility index (Phi) is 26.0. The van der Waals surface area contributed by atoms with Gasteiger partial charge in [0.25, 0.3) is 17.5 Å². The predicted molar refractivity (Wildman–Crippen MR) is 299 cm³/mol. The van der Waals surface area contributed by atoms with Crippen LogP contribution in [0, 0.1) is 23.0 Å². The lowest BCUT2D eigenvalue weighted by Gasteiger charge is -2.31. The van der Waals surface area contributed by atoms with Gasteiger partial charge < -0.3 is 30.1 Å². The van der Waals surface area contributed by atoms with Gasteiger partial charge in [0.05, 0.1) is 46.0 Å². The molecule has 3 aromatic carbocycles. The first-order chi connectivity index (χ1) is 36.9. The lowest BCUT2D eigenvalue weighted by molar-refractivity contribution is -0.385. The number of halogens is 3. The third-order valence-corrected chi connectivity index (χ3v) is 15.4. The molecule has 0 spiro atoms. The van der Waals surface area contributed by atoms with Crippen LogP contribution in [-0.4, -0.2) is 128 Å². The predicted octanol–water partition coefficient (Wildman–Crippen LogP) is 8.20. The first-order valence-electron chi connectivity index (χ1n) is 24.7. The molecule has 6 rings (SSSR count). The molecular weight excluding hydrogens is 1130 g/mol. The van der Waals surface area contributed by atoms with Gasteiger partial charge in [0.1, 0.15) is 22.9 Å². The number of methoxy groups -OCH3 is 1. The summed E-state index contributed by atoms with van der Waals surface area (Å²) < 4.78 is 43.6. The molecule has 79 heavy (non-hydrogen) atoms. The van der Waals surface area contributed by atoms with Gasteiger partial charge in [-0.2, -0.15) is 0 Å². The van der Waals surface area contributed by atoms with Crippen LogP contribution in [0.1, 0.15) is 99.2 Å². The number of alkyl halides is 1. The molecule has 1 saturated carbocycles. The minimum absolute atomic E-state index is 0.0223. The zero-order chi connectivity index (χ0) is 59.7. The lowest BCUT2D eigenvalue weighted by Crippen LogP contribution is -2.43. The highest BCUT2D eigenvalue weighted by molar-refractivity contribution is 7.90. The van der Waals surface area contributed by atoms with Crippen molar-refractivity contribution in [3.05, 3.63) is 108 Å². The second-order valence-corrected chi connectivity index (χ2v) is 24.1. The number of aliphatic carboxylic acids is 1. The Balaban J connectivity index is 0.000000288. The number of nitrogens with two attached hydrogens (primary N) is 1. The number of rotatable bonds is 18. The number of imide groups is 1. The van der Waals surface area contributed by atoms with Crippen LogP contribution in [0.4, 0.5) is 17.1 Å². The highest BCUT2D eigenvalue weighted by Crippen LogP contribution is 2.38. The number of carbonyl (C=O) groups excluding carboxylic acids is 7. The standard InChI is InChI=1S/C19H17Cl2NO4.C15H22ClNO2.C14H13NO7S.C5H12NO4P/c1-2-26-19(25)16(21)10-11-9-12(7-8-15(11)20)22-17(23)13-5-3-4-6-14(13)18(22)24;1-5-13-8-6-7-11(2)15(13)17(14(18)9-16)12(3)10-19-4;1-23(21,22)8-5-6-9(10(7-8)15(19)20)14(18)13-11(16)3-2-4-12(13)17;1-11(9,10)3-2-4(6)5(7)8/h7-10H,2-6H2,1H3;6-8,12H,5,9-10H2,1-4H3;5-7,13H,2-4H2,1H3;4H,2-3,6H2,1H3,(H,7,8)(H,9,10)/b16-10-;;;. The average molecular weight is 1200 g/mol. The molecule has 0 radical (unpaired) electrons. The molecular formula is C53H64Cl3N4O17PS. The molecule has 430 valence electrons. The third kappa shape index (κ3) is 18.8. The van der Waals surface area contributed by atoms with Crippen LogP contribution in [-0.2, 0) is 63.9 Å². The summed E-state index contributed by atoms with van der Waals surface area (Å²) in [4.78, 5) is 117. The zero-order valence-electron chi connectivity index (χ0n) is 44.6. The van der Waals surface area contributed by atoms with Crippen molar-refractivity contribution >= 4 is 122 Å². The molecule has 1 aliphatic heterocycles. The van der Waals surface area contributed by atoms with Crippen molar-refractivity contribution in [1.82, 2.24) is 0 Å². The summed E-state index contributed by atoms with van der Waals surface area (Å²) in [5, 5.41) is 19.6. The van der Waals surface area contributed by atoms with E-state index in [4.69, 9.17) is 60.0 Å². The number of hydrogen-bond acceptors (Lipinski definition) is 16. The van der Waals surface area contributed by atoms with Gasteiger partial charge in [0, 0.05) is 61.3 Å². The van der Waals surface area contributed by atoms with Crippen LogP contribution in [0.25, 0.3) is 6.08 Å². The average Bonchev–Trinajstić information content (AvgIpc) is 3.65. The van der Waals surface area contributed by atoms with Gasteiger partial charge in [0.2, 0.25) is 5.91 Å². The first-order valence-corrected chi connectivity index (χ1v) is 30.2. The fourth-order valence-corrected chi connectivity index (χ4v) is 10.3. The summed E-state index contributed by atoms with van der Waals surface area (Å²) in [5.41, 5.74) is 9.18. The number of amides is 3. The van der Waals surface area contributed by atoms with E-state index in [0.717, 1.165) is 60.5 Å². The Hall–Kier alpha value is -5.97. The molecule has 0 saturated heterocycles. The van der Waals surface area contributed by atoms with E-state index in [2.05, 4.69) is 13.0 Å². The molecule has 3 unspecified atom stereocenters. The number of carboxylic acids is 1. The van der Waals surface area contributed by atoms with E-state index in [1.165, 1.54) is 17.6 Å². The van der Waals surface area contributed by atoms with Crippen LogP contribution < -0.4 is 15.5 Å². The summed E-state index contributed by atoms with van der Waals surface area (Å²) in [6.07, 6.45) is 6.70. The molecule has 3 aromatic rings. The highest BCUT2D eigenvalue weighted by Gasteiger charge is 2.41. The molecule has 3 atom stereocenters. The molecule has 3 aliphatic rings. The highest BCUT2D eigenvalue weighted by atomic mass is 35.5. The number of carboxylic acid groups (broad SMARTS) is 1. The van der Waals surface area contributed by atoms with Crippen LogP contribution in [0.3, 0.4) is 0 Å². The van der Waals surface area contributed by atoms with E-state index in [0.29, 0.717) is 53.3 Å². The quantitative estimate of drug-likeness (QED) is 0.0124. The fraction of sp³-hybridized carbons (Fsp3) is 0.434. The number of anilines is 2. The maximum atomic E-state index is 12.7.